The summed E-state index contributed by atoms with van der Waals surface area (Å²) in [7, 11) is -6.92. The third-order valence-electron chi connectivity index (χ3n) is 5.46. The summed E-state index contributed by atoms with van der Waals surface area (Å²) in [6, 6.07) is 12.5. The van der Waals surface area contributed by atoms with Crippen LogP contribution < -0.4 is 4.72 Å². The van der Waals surface area contributed by atoms with Gasteiger partial charge in [0.15, 0.2) is 9.84 Å². The summed E-state index contributed by atoms with van der Waals surface area (Å²) < 4.78 is 51.8. The van der Waals surface area contributed by atoms with Gasteiger partial charge >= 0.3 is 0 Å². The lowest BCUT2D eigenvalue weighted by Gasteiger charge is -2.28. The van der Waals surface area contributed by atoms with Gasteiger partial charge < -0.3 is 4.90 Å². The fourth-order valence-electron chi connectivity index (χ4n) is 3.63. The average Bonchev–Trinajstić information content (AvgIpc) is 3.09. The van der Waals surface area contributed by atoms with E-state index in [0.29, 0.717) is 24.2 Å². The molecular formula is C22H28N2O5S2. The molecule has 1 saturated heterocycles. The Morgan fingerprint density at radius 3 is 2.39 bits per heavy atom. The van der Waals surface area contributed by atoms with E-state index < -0.39 is 19.9 Å². The number of unbranched alkanes of at least 4 members (excludes halogenated alkanes) is 1. The van der Waals surface area contributed by atoms with Gasteiger partial charge in [-0.3, -0.25) is 9.52 Å². The molecule has 1 heterocycles. The van der Waals surface area contributed by atoms with E-state index in [4.69, 9.17) is 0 Å². The van der Waals surface area contributed by atoms with Crippen LogP contribution in [0, 0.1) is 6.92 Å². The number of carbonyl (C=O) groups excluding carboxylic acids is 1. The van der Waals surface area contributed by atoms with Crippen LogP contribution in [0.4, 0.5) is 5.69 Å². The Morgan fingerprint density at radius 2 is 1.81 bits per heavy atom. The van der Waals surface area contributed by atoms with Crippen LogP contribution in [-0.4, -0.2) is 51.7 Å². The molecular weight excluding hydrogens is 436 g/mol. The van der Waals surface area contributed by atoms with Crippen LogP contribution in [0.1, 0.15) is 42.1 Å². The summed E-state index contributed by atoms with van der Waals surface area (Å²) in [5.74, 6) is -0.198. The fourth-order valence-corrected chi connectivity index (χ4v) is 6.49. The van der Waals surface area contributed by atoms with Gasteiger partial charge in [0.05, 0.1) is 22.1 Å². The van der Waals surface area contributed by atoms with Crippen molar-refractivity contribution in [2.24, 2.45) is 0 Å². The Hall–Kier alpha value is -2.39. The lowest BCUT2D eigenvalue weighted by Crippen LogP contribution is -2.41. The molecule has 2 aromatic carbocycles. The zero-order valence-corrected chi connectivity index (χ0v) is 19.4. The maximum atomic E-state index is 13.1. The molecule has 1 N–H and O–H groups in total. The van der Waals surface area contributed by atoms with Crippen LogP contribution in [0.5, 0.6) is 0 Å². The van der Waals surface area contributed by atoms with Crippen LogP contribution in [0.2, 0.25) is 0 Å². The fraction of sp³-hybridized carbons (Fsp3) is 0.409. The Kier molecular flexibility index (Phi) is 7.06. The second kappa shape index (κ2) is 9.40. The molecule has 168 valence electrons. The van der Waals surface area contributed by atoms with Crippen molar-refractivity contribution in [3.63, 3.8) is 0 Å². The normalized spacial score (nSPS) is 17.9. The third kappa shape index (κ3) is 5.65. The Labute approximate surface area is 184 Å². The number of rotatable bonds is 8. The molecule has 1 atom stereocenters. The number of sulfonamides is 1. The van der Waals surface area contributed by atoms with Crippen molar-refractivity contribution in [2.75, 3.05) is 22.8 Å². The second-order valence-corrected chi connectivity index (χ2v) is 11.8. The summed E-state index contributed by atoms with van der Waals surface area (Å²) in [5, 5.41) is 0. The zero-order valence-electron chi connectivity index (χ0n) is 17.7. The van der Waals surface area contributed by atoms with E-state index >= 15 is 0 Å². The molecule has 0 spiro atoms. The molecule has 1 fully saturated rings. The SMILES string of the molecule is CCCCN(C(=O)c1ccc(S(=O)(=O)Nc2ccccc2C)cc1)C1CCS(=O)(=O)C1. The van der Waals surface area contributed by atoms with Crippen LogP contribution in [0.3, 0.4) is 0 Å². The molecule has 0 radical (unpaired) electrons. The summed E-state index contributed by atoms with van der Waals surface area (Å²) in [4.78, 5) is 14.8. The number of hydrogen-bond acceptors (Lipinski definition) is 5. The summed E-state index contributed by atoms with van der Waals surface area (Å²) in [6.45, 7) is 4.30. The van der Waals surface area contributed by atoms with Crippen molar-refractivity contribution >= 4 is 31.5 Å². The van der Waals surface area contributed by atoms with Gasteiger partial charge in [-0.05, 0) is 55.7 Å². The van der Waals surface area contributed by atoms with E-state index in [1.807, 2.05) is 26.0 Å². The number of carbonyl (C=O) groups is 1. The number of sulfone groups is 1. The van der Waals surface area contributed by atoms with Crippen molar-refractivity contribution in [3.05, 3.63) is 59.7 Å². The first-order chi connectivity index (χ1) is 14.6. The molecule has 0 saturated carbocycles. The molecule has 3 rings (SSSR count). The molecule has 7 nitrogen and oxygen atoms in total. The lowest BCUT2D eigenvalue weighted by molar-refractivity contribution is 0.0694. The van der Waals surface area contributed by atoms with E-state index in [1.54, 1.807) is 17.0 Å². The topological polar surface area (TPSA) is 101 Å². The highest BCUT2D eigenvalue weighted by atomic mass is 32.2. The molecule has 31 heavy (non-hydrogen) atoms. The Morgan fingerprint density at radius 1 is 1.13 bits per heavy atom. The van der Waals surface area contributed by atoms with Gasteiger partial charge in [-0.1, -0.05) is 31.5 Å². The first-order valence-corrected chi connectivity index (χ1v) is 13.6. The van der Waals surface area contributed by atoms with Crippen molar-refractivity contribution < 1.29 is 21.6 Å². The molecule has 0 aromatic heterocycles. The number of nitrogens with one attached hydrogen (secondary N) is 1. The first kappa shape index (κ1) is 23.3. The lowest BCUT2D eigenvalue weighted by atomic mass is 10.1. The van der Waals surface area contributed by atoms with E-state index in [2.05, 4.69) is 4.72 Å². The van der Waals surface area contributed by atoms with Crippen LogP contribution in [0.15, 0.2) is 53.4 Å². The van der Waals surface area contributed by atoms with Crippen molar-refractivity contribution in [3.8, 4) is 0 Å². The minimum atomic E-state index is -3.80. The second-order valence-electron chi connectivity index (χ2n) is 7.85. The summed E-state index contributed by atoms with van der Waals surface area (Å²) >= 11 is 0. The highest BCUT2D eigenvalue weighted by Crippen LogP contribution is 2.23. The minimum Gasteiger partial charge on any atom is -0.335 e. The van der Waals surface area contributed by atoms with E-state index in [9.17, 15) is 21.6 Å². The average molecular weight is 465 g/mol. The molecule has 0 bridgehead atoms. The quantitative estimate of drug-likeness (QED) is 0.646. The number of hydrogen-bond donors (Lipinski definition) is 1. The molecule has 9 heteroatoms. The highest BCUT2D eigenvalue weighted by molar-refractivity contribution is 7.92. The molecule has 1 unspecified atom stereocenters. The van der Waals surface area contributed by atoms with Gasteiger partial charge in [0.25, 0.3) is 15.9 Å². The standard InChI is InChI=1S/C22H28N2O5S2/c1-3-4-14-24(19-13-15-30(26,27)16-19)22(25)18-9-11-20(12-10-18)31(28,29)23-21-8-6-5-7-17(21)2/h5-12,19,23H,3-4,13-16H2,1-2H3. The van der Waals surface area contributed by atoms with Crippen LogP contribution in [-0.2, 0) is 19.9 Å². The predicted octanol–water partition coefficient (Wildman–Crippen LogP) is 3.23. The molecule has 1 aliphatic heterocycles. The van der Waals surface area contributed by atoms with E-state index in [0.717, 1.165) is 18.4 Å². The first-order valence-electron chi connectivity index (χ1n) is 10.3. The maximum absolute atomic E-state index is 13.1. The summed E-state index contributed by atoms with van der Waals surface area (Å²) in [6.07, 6.45) is 2.09. The van der Waals surface area contributed by atoms with Gasteiger partial charge in [-0.25, -0.2) is 16.8 Å². The van der Waals surface area contributed by atoms with Gasteiger partial charge in [0.2, 0.25) is 0 Å². The predicted molar refractivity (Wildman–Crippen MR) is 121 cm³/mol. The zero-order chi connectivity index (χ0) is 22.6. The molecule has 2 aromatic rings. The molecule has 0 aliphatic carbocycles. The van der Waals surface area contributed by atoms with Gasteiger partial charge in [0.1, 0.15) is 0 Å². The number of anilines is 1. The van der Waals surface area contributed by atoms with Crippen molar-refractivity contribution in [2.45, 2.75) is 44.0 Å². The molecule has 1 amide bonds. The van der Waals surface area contributed by atoms with E-state index in [1.165, 1.54) is 24.3 Å². The molecule has 1 aliphatic rings. The minimum absolute atomic E-state index is 0.0186. The number of amides is 1. The van der Waals surface area contributed by atoms with Gasteiger partial charge in [0, 0.05) is 18.2 Å². The van der Waals surface area contributed by atoms with Crippen LogP contribution >= 0.6 is 0 Å². The Bertz CT molecular complexity index is 1140. The number of aryl methyl sites for hydroxylation is 1. The maximum Gasteiger partial charge on any atom is 0.261 e. The van der Waals surface area contributed by atoms with Gasteiger partial charge in [-0.2, -0.15) is 0 Å². The monoisotopic (exact) mass is 464 g/mol. The smallest absolute Gasteiger partial charge is 0.261 e. The Balaban J connectivity index is 1.80. The highest BCUT2D eigenvalue weighted by Gasteiger charge is 2.34. The van der Waals surface area contributed by atoms with Gasteiger partial charge in [-0.15, -0.1) is 0 Å². The number of benzene rings is 2. The van der Waals surface area contributed by atoms with Crippen LogP contribution in [0.25, 0.3) is 0 Å². The third-order valence-corrected chi connectivity index (χ3v) is 8.60. The van der Waals surface area contributed by atoms with E-state index in [-0.39, 0.29) is 28.4 Å². The number of nitrogens with zero attached hydrogens (tertiary/aromatic N) is 1. The van der Waals surface area contributed by atoms with Crippen molar-refractivity contribution in [1.82, 2.24) is 4.90 Å². The summed E-state index contributed by atoms with van der Waals surface area (Å²) in [5.41, 5.74) is 1.64. The van der Waals surface area contributed by atoms with Crippen molar-refractivity contribution in [1.29, 1.82) is 0 Å². The largest absolute Gasteiger partial charge is 0.335 e. The number of para-hydroxylation sites is 1.